The average molecular weight is 753 g/mol. The molecule has 4 heteroatoms. The second-order valence-corrected chi connectivity index (χ2v) is 20.0. The number of fused-ring (bicyclic) bond motifs is 11. The summed E-state index contributed by atoms with van der Waals surface area (Å²) in [6.07, 6.45) is 16.1. The topological polar surface area (TPSA) is 52.6 Å². The molecule has 0 unspecified atom stereocenters. The lowest BCUT2D eigenvalue weighted by atomic mass is 9.39. The molecule has 12 atom stereocenters. The van der Waals surface area contributed by atoms with Gasteiger partial charge in [-0.3, -0.25) is 9.59 Å². The number of carbonyl (C=O) groups is 2. The van der Waals surface area contributed by atoms with Crippen molar-refractivity contribution >= 4 is 11.9 Å². The highest BCUT2D eigenvalue weighted by molar-refractivity contribution is 5.99. The zero-order chi connectivity index (χ0) is 39.0. The number of rotatable bonds is 9. The minimum atomic E-state index is -1.03. The zero-order valence-electron chi connectivity index (χ0n) is 34.8. The van der Waals surface area contributed by atoms with E-state index in [1.54, 1.807) is 0 Å². The van der Waals surface area contributed by atoms with Crippen molar-refractivity contribution in [3.05, 3.63) is 107 Å². The van der Waals surface area contributed by atoms with Crippen molar-refractivity contribution in [2.24, 2.45) is 52.3 Å². The van der Waals surface area contributed by atoms with Gasteiger partial charge < -0.3 is 9.47 Å². The fourth-order valence-electron chi connectivity index (χ4n) is 14.6. The van der Waals surface area contributed by atoms with Crippen LogP contribution in [0, 0.1) is 52.3 Å². The van der Waals surface area contributed by atoms with Crippen LogP contribution in [0.25, 0.3) is 11.1 Å². The summed E-state index contributed by atoms with van der Waals surface area (Å²) < 4.78 is 12.4. The average Bonchev–Trinajstić information content (AvgIpc) is 3.55. The maximum Gasteiger partial charge on any atom is 0.317 e. The van der Waals surface area contributed by atoms with Crippen molar-refractivity contribution in [1.29, 1.82) is 0 Å². The van der Waals surface area contributed by atoms with Gasteiger partial charge in [-0.1, -0.05) is 144 Å². The predicted molar refractivity (Wildman–Crippen MR) is 224 cm³/mol. The third-order valence-electron chi connectivity index (χ3n) is 17.2. The number of hydrogen-bond acceptors (Lipinski definition) is 4. The summed E-state index contributed by atoms with van der Waals surface area (Å²) >= 11 is 0. The Morgan fingerprint density at radius 1 is 0.786 bits per heavy atom. The van der Waals surface area contributed by atoms with Crippen molar-refractivity contribution in [2.45, 2.75) is 129 Å². The van der Waals surface area contributed by atoms with E-state index in [-0.39, 0.29) is 29.4 Å². The smallest absolute Gasteiger partial charge is 0.317 e. The Morgan fingerprint density at radius 3 is 2.29 bits per heavy atom. The number of methoxy groups -OCH3 is 1. The molecule has 56 heavy (non-hydrogen) atoms. The van der Waals surface area contributed by atoms with Crippen LogP contribution in [0.3, 0.4) is 0 Å². The first-order valence-corrected chi connectivity index (χ1v) is 22.3. The number of ether oxygens (including phenoxy) is 2. The summed E-state index contributed by atoms with van der Waals surface area (Å²) in [6, 6.07) is 26.7. The largest absolute Gasteiger partial charge is 0.468 e. The molecule has 0 radical (unpaired) electrons. The fraction of sp³-hybridized carbons (Fsp3) is 0.577. The molecule has 0 N–H and O–H groups in total. The van der Waals surface area contributed by atoms with Crippen LogP contribution in [0.5, 0.6) is 0 Å². The Kier molecular flexibility index (Phi) is 9.68. The van der Waals surface area contributed by atoms with E-state index in [2.05, 4.69) is 83.2 Å². The monoisotopic (exact) mass is 752 g/mol. The summed E-state index contributed by atoms with van der Waals surface area (Å²) in [5.74, 6) is 3.06. The second kappa shape index (κ2) is 14.3. The predicted octanol–water partition coefficient (Wildman–Crippen LogP) is 12.2. The molecule has 296 valence electrons. The minimum Gasteiger partial charge on any atom is -0.468 e. The third-order valence-corrected chi connectivity index (χ3v) is 17.2. The number of esters is 2. The first-order chi connectivity index (χ1) is 27.0. The van der Waals surface area contributed by atoms with Crippen LogP contribution in [0.1, 0.15) is 134 Å². The van der Waals surface area contributed by atoms with Crippen molar-refractivity contribution in [3.8, 4) is 11.1 Å². The van der Waals surface area contributed by atoms with Gasteiger partial charge >= 0.3 is 11.9 Å². The normalized spacial score (nSPS) is 36.9. The molecule has 3 aromatic carbocycles. The van der Waals surface area contributed by atoms with E-state index in [0.29, 0.717) is 5.41 Å². The molecule has 6 aliphatic carbocycles. The van der Waals surface area contributed by atoms with Crippen LogP contribution in [0.2, 0.25) is 0 Å². The van der Waals surface area contributed by atoms with E-state index in [9.17, 15) is 9.59 Å². The van der Waals surface area contributed by atoms with Gasteiger partial charge in [0.1, 0.15) is 11.5 Å². The van der Waals surface area contributed by atoms with Gasteiger partial charge in [0.05, 0.1) is 13.0 Å². The van der Waals surface area contributed by atoms with Gasteiger partial charge in [-0.2, -0.15) is 0 Å². The SMILES string of the molecule is COC(=O)[C@@]12c3ccccc3-c3ccccc3[C@@H]1[C@@H](C(=O)O[C@H]1CC[C@@]3(C)C(=CC[C@H]4[C@@H]5CC[C@H]([C@H](C)CCCC(C)C)[C@@]5(C)CC[C@@H]43)C1)[C@@H]2c1ccccc1. The lowest BCUT2D eigenvalue weighted by molar-refractivity contribution is -0.175. The summed E-state index contributed by atoms with van der Waals surface area (Å²) in [6.45, 7) is 12.5. The van der Waals surface area contributed by atoms with Crippen LogP contribution >= 0.6 is 0 Å². The summed E-state index contributed by atoms with van der Waals surface area (Å²) in [7, 11) is 1.49. The van der Waals surface area contributed by atoms with Crippen LogP contribution in [-0.4, -0.2) is 25.2 Å². The summed E-state index contributed by atoms with van der Waals surface area (Å²) in [5, 5.41) is 0. The van der Waals surface area contributed by atoms with Gasteiger partial charge in [0.2, 0.25) is 0 Å². The Bertz CT molecular complexity index is 1990. The highest BCUT2D eigenvalue weighted by Crippen LogP contribution is 2.72. The molecule has 0 bridgehead atoms. The van der Waals surface area contributed by atoms with Gasteiger partial charge in [-0.05, 0) is 119 Å². The van der Waals surface area contributed by atoms with Gasteiger partial charge in [0, 0.05) is 18.3 Å². The summed E-state index contributed by atoms with van der Waals surface area (Å²) in [5.41, 5.74) is 6.25. The fourth-order valence-corrected chi connectivity index (χ4v) is 14.6. The first kappa shape index (κ1) is 37.9. The lowest BCUT2D eigenvalue weighted by Gasteiger charge is -2.61. The van der Waals surface area contributed by atoms with Gasteiger partial charge in [0.15, 0.2) is 0 Å². The number of carbonyl (C=O) groups excluding carboxylic acids is 2. The van der Waals surface area contributed by atoms with E-state index in [1.807, 2.05) is 36.4 Å². The Hall–Kier alpha value is -3.66. The van der Waals surface area contributed by atoms with Crippen LogP contribution < -0.4 is 0 Å². The van der Waals surface area contributed by atoms with Crippen LogP contribution in [0.4, 0.5) is 0 Å². The molecule has 3 aromatic rings. The molecule has 6 aliphatic rings. The Labute approximate surface area is 336 Å². The quantitative estimate of drug-likeness (QED) is 0.161. The van der Waals surface area contributed by atoms with E-state index >= 15 is 0 Å². The van der Waals surface area contributed by atoms with E-state index < -0.39 is 17.3 Å². The number of allylic oxidation sites excluding steroid dienone is 1. The molecule has 0 aliphatic heterocycles. The molecular formula is C52H64O4. The van der Waals surface area contributed by atoms with Gasteiger partial charge in [-0.15, -0.1) is 0 Å². The maximum absolute atomic E-state index is 14.9. The van der Waals surface area contributed by atoms with Crippen molar-refractivity contribution in [3.63, 3.8) is 0 Å². The Morgan fingerprint density at radius 2 is 1.52 bits per heavy atom. The molecule has 0 amide bonds. The van der Waals surface area contributed by atoms with Gasteiger partial charge in [-0.25, -0.2) is 0 Å². The second-order valence-electron chi connectivity index (χ2n) is 20.0. The van der Waals surface area contributed by atoms with Crippen LogP contribution in [0.15, 0.2) is 90.5 Å². The van der Waals surface area contributed by atoms with Crippen molar-refractivity contribution in [2.75, 3.05) is 7.11 Å². The molecule has 4 nitrogen and oxygen atoms in total. The minimum absolute atomic E-state index is 0.148. The first-order valence-electron chi connectivity index (χ1n) is 22.3. The standard InChI is InChI=1S/C52H64O4/c1-32(2)15-14-16-33(3)41-25-26-42-40-24-23-35-31-36(27-29-50(35,4)43(40)28-30-51(41,42)5)56-48(53)45-46(34-17-8-7-9-18-34)52(49(54)55-6)44-22-13-12-20-38(44)37-19-10-11-21-39(37)47(45)52/h7-13,17-23,32-33,36,40-43,45-47H,14-16,24-31H2,1-6H3/t33-,36+,40+,41-,42+,43+,45+,46+,47-,50+,51-,52-/m1/s1. The highest BCUT2D eigenvalue weighted by Gasteiger charge is 2.73. The van der Waals surface area contributed by atoms with E-state index in [1.165, 1.54) is 64.0 Å². The molecule has 4 saturated carbocycles. The molecule has 0 aromatic heterocycles. The molecule has 0 heterocycles. The van der Waals surface area contributed by atoms with Crippen LogP contribution in [-0.2, 0) is 24.5 Å². The maximum atomic E-state index is 14.9. The highest BCUT2D eigenvalue weighted by atomic mass is 16.5. The molecule has 4 fully saturated rings. The number of hydrogen-bond donors (Lipinski definition) is 0. The van der Waals surface area contributed by atoms with Crippen molar-refractivity contribution in [1.82, 2.24) is 0 Å². The molecule has 0 saturated heterocycles. The molecule has 9 rings (SSSR count). The number of benzene rings is 3. The van der Waals surface area contributed by atoms with Gasteiger partial charge in [0.25, 0.3) is 0 Å². The van der Waals surface area contributed by atoms with E-state index in [4.69, 9.17) is 9.47 Å². The van der Waals surface area contributed by atoms with E-state index in [0.717, 1.165) is 82.6 Å². The molecule has 0 spiro atoms. The summed E-state index contributed by atoms with van der Waals surface area (Å²) in [4.78, 5) is 29.3. The Balaban J connectivity index is 0.973. The molecular weight excluding hydrogens is 689 g/mol. The lowest BCUT2D eigenvalue weighted by Crippen LogP contribution is -2.65. The zero-order valence-corrected chi connectivity index (χ0v) is 34.8. The van der Waals surface area contributed by atoms with Crippen molar-refractivity contribution < 1.29 is 19.1 Å². The third kappa shape index (κ3) is 5.57.